The molecule has 1 aliphatic heterocycles. The fourth-order valence-electron chi connectivity index (χ4n) is 4.85. The smallest absolute Gasteiger partial charge is 0.327 e. The van der Waals surface area contributed by atoms with Crippen molar-refractivity contribution in [2.24, 2.45) is 0 Å². The molecule has 0 bridgehead atoms. The van der Waals surface area contributed by atoms with Crippen molar-refractivity contribution in [3.05, 3.63) is 78.0 Å². The van der Waals surface area contributed by atoms with Crippen molar-refractivity contribution < 1.29 is 19.1 Å². The Kier molecular flexibility index (Phi) is 8.82. The summed E-state index contributed by atoms with van der Waals surface area (Å²) in [5, 5.41) is 6.13. The monoisotopic (exact) mass is 547 g/mol. The number of H-pyrrole nitrogens is 1. The van der Waals surface area contributed by atoms with Gasteiger partial charge in [0.2, 0.25) is 0 Å². The van der Waals surface area contributed by atoms with Gasteiger partial charge in [-0.25, -0.2) is 4.79 Å². The molecule has 1 amide bonds. The maximum Gasteiger partial charge on any atom is 0.327 e. The number of rotatable bonds is 6. The first kappa shape index (κ1) is 28.0. The number of hydrogen-bond donors (Lipinski definition) is 2. The van der Waals surface area contributed by atoms with Gasteiger partial charge < -0.3 is 24.7 Å². The van der Waals surface area contributed by atoms with Gasteiger partial charge in [0.1, 0.15) is 17.5 Å². The highest BCUT2D eigenvalue weighted by molar-refractivity contribution is 6.19. The summed E-state index contributed by atoms with van der Waals surface area (Å²) in [6, 6.07) is 16.8. The largest absolute Gasteiger partial charge is 0.497 e. The Labute approximate surface area is 233 Å². The van der Waals surface area contributed by atoms with Crippen molar-refractivity contribution in [2.75, 3.05) is 36.9 Å². The minimum atomic E-state index is -0.556. The van der Waals surface area contributed by atoms with Gasteiger partial charge in [-0.1, -0.05) is 36.4 Å². The number of carbonyl (C=O) groups is 2. The highest BCUT2D eigenvalue weighted by Gasteiger charge is 2.35. The molecule has 3 aromatic carbocycles. The Balaban J connectivity index is 0.000000826. The average Bonchev–Trinajstić information content (AvgIpc) is 3.57. The van der Waals surface area contributed by atoms with E-state index in [9.17, 15) is 9.59 Å². The van der Waals surface area contributed by atoms with E-state index in [2.05, 4.69) is 10.3 Å². The molecular formula is C31H34ClN3O4. The lowest BCUT2D eigenvalue weighted by Gasteiger charge is -2.21. The van der Waals surface area contributed by atoms with E-state index < -0.39 is 6.04 Å². The number of halogens is 1. The summed E-state index contributed by atoms with van der Waals surface area (Å²) in [5.41, 5.74) is 3.93. The van der Waals surface area contributed by atoms with Crippen molar-refractivity contribution in [3.8, 4) is 5.75 Å². The van der Waals surface area contributed by atoms with Gasteiger partial charge in [0.25, 0.3) is 5.91 Å². The molecule has 0 radical (unpaired) electrons. The number of anilines is 2. The van der Waals surface area contributed by atoms with Gasteiger partial charge >= 0.3 is 5.97 Å². The number of hydrogen-bond acceptors (Lipinski definition) is 5. The highest BCUT2D eigenvalue weighted by Crippen LogP contribution is 2.45. The molecule has 1 aliphatic rings. The molecule has 39 heavy (non-hydrogen) atoms. The summed E-state index contributed by atoms with van der Waals surface area (Å²) in [5.74, 6) is 0.588. The van der Waals surface area contributed by atoms with Crippen LogP contribution in [0.3, 0.4) is 0 Å². The molecule has 2 heterocycles. The van der Waals surface area contributed by atoms with Crippen LogP contribution in [0.2, 0.25) is 0 Å². The van der Waals surface area contributed by atoms with Crippen molar-refractivity contribution in [1.82, 2.24) is 4.98 Å². The number of nitrogens with zero attached hydrogens (tertiary/aromatic N) is 1. The highest BCUT2D eigenvalue weighted by atomic mass is 35.5. The van der Waals surface area contributed by atoms with Crippen molar-refractivity contribution in [3.63, 3.8) is 0 Å². The number of aromatic nitrogens is 1. The van der Waals surface area contributed by atoms with Gasteiger partial charge in [0.05, 0.1) is 19.9 Å². The van der Waals surface area contributed by atoms with Gasteiger partial charge in [-0.15, -0.1) is 11.6 Å². The number of amides is 1. The lowest BCUT2D eigenvalue weighted by molar-refractivity contribution is -0.141. The molecule has 2 N–H and O–H groups in total. The van der Waals surface area contributed by atoms with E-state index in [1.165, 1.54) is 7.11 Å². The first-order valence-electron chi connectivity index (χ1n) is 12.9. The zero-order valence-corrected chi connectivity index (χ0v) is 23.6. The van der Waals surface area contributed by atoms with E-state index in [0.717, 1.165) is 44.4 Å². The topological polar surface area (TPSA) is 83.7 Å². The molecule has 2 atom stereocenters. The summed E-state index contributed by atoms with van der Waals surface area (Å²) in [4.78, 5) is 30.8. The van der Waals surface area contributed by atoms with E-state index in [4.69, 9.17) is 21.1 Å². The number of ether oxygens (including phenoxy) is 2. The number of alkyl halides is 1. The summed E-state index contributed by atoms with van der Waals surface area (Å²) in [6.07, 6.45) is 4.00. The van der Waals surface area contributed by atoms with Crippen LogP contribution in [0.5, 0.6) is 5.75 Å². The number of aromatic amines is 1. The summed E-state index contributed by atoms with van der Waals surface area (Å²) in [6.45, 7) is 6.22. The second kappa shape index (κ2) is 12.3. The summed E-state index contributed by atoms with van der Waals surface area (Å²) >= 11 is 6.40. The number of carbonyl (C=O) groups excluding carboxylic acids is 2. The lowest BCUT2D eigenvalue weighted by Crippen LogP contribution is -2.30. The minimum absolute atomic E-state index is 0.0166. The van der Waals surface area contributed by atoms with Gasteiger partial charge in [0.15, 0.2) is 0 Å². The van der Waals surface area contributed by atoms with Gasteiger partial charge in [0, 0.05) is 40.3 Å². The van der Waals surface area contributed by atoms with E-state index in [1.807, 2.05) is 80.6 Å². The van der Waals surface area contributed by atoms with Crippen LogP contribution in [0.1, 0.15) is 42.7 Å². The molecule has 0 spiro atoms. The maximum absolute atomic E-state index is 13.7. The predicted molar refractivity (Wildman–Crippen MR) is 160 cm³/mol. The first-order valence-corrected chi connectivity index (χ1v) is 13.4. The Morgan fingerprint density at radius 3 is 2.46 bits per heavy atom. The van der Waals surface area contributed by atoms with Crippen LogP contribution in [-0.4, -0.2) is 49.5 Å². The molecule has 0 saturated carbocycles. The van der Waals surface area contributed by atoms with Crippen LogP contribution in [0, 0.1) is 0 Å². The lowest BCUT2D eigenvalue weighted by atomic mass is 9.94. The summed E-state index contributed by atoms with van der Waals surface area (Å²) in [7, 11) is 2.98. The zero-order chi connectivity index (χ0) is 28.1. The van der Waals surface area contributed by atoms with E-state index in [1.54, 1.807) is 18.9 Å². The number of methoxy groups -OCH3 is 2. The quantitative estimate of drug-likeness (QED) is 0.156. The fourth-order valence-corrected chi connectivity index (χ4v) is 5.10. The van der Waals surface area contributed by atoms with Crippen LogP contribution < -0.4 is 15.0 Å². The number of esters is 1. The van der Waals surface area contributed by atoms with Crippen LogP contribution in [0.4, 0.5) is 11.4 Å². The second-order valence-corrected chi connectivity index (χ2v) is 9.67. The normalized spacial score (nSPS) is 15.1. The predicted octanol–water partition coefficient (Wildman–Crippen LogP) is 6.87. The number of fused-ring (bicyclic) bond motifs is 4. The Morgan fingerprint density at radius 2 is 1.82 bits per heavy atom. The number of nitrogens with one attached hydrogen (secondary N) is 2. The Bertz CT molecular complexity index is 1520. The first-order chi connectivity index (χ1) is 18.9. The third-order valence-corrected chi connectivity index (χ3v) is 7.29. The molecule has 1 aromatic heterocycles. The number of benzene rings is 3. The maximum atomic E-state index is 13.7. The van der Waals surface area contributed by atoms with Crippen LogP contribution in [0.15, 0.2) is 66.7 Å². The van der Waals surface area contributed by atoms with Gasteiger partial charge in [-0.3, -0.25) is 4.79 Å². The molecule has 204 valence electrons. The molecule has 8 heteroatoms. The number of allylic oxidation sites excluding steroid dienone is 2. The van der Waals surface area contributed by atoms with Crippen LogP contribution in [0.25, 0.3) is 21.7 Å². The minimum Gasteiger partial charge on any atom is -0.497 e. The van der Waals surface area contributed by atoms with Crippen molar-refractivity contribution in [1.29, 1.82) is 0 Å². The van der Waals surface area contributed by atoms with Crippen molar-refractivity contribution in [2.45, 2.75) is 32.7 Å². The molecular weight excluding hydrogens is 514 g/mol. The Hall–Kier alpha value is -3.97. The second-order valence-electron chi connectivity index (χ2n) is 9.36. The zero-order valence-electron chi connectivity index (χ0n) is 22.9. The van der Waals surface area contributed by atoms with Gasteiger partial charge in [-0.2, -0.15) is 0 Å². The van der Waals surface area contributed by atoms with Gasteiger partial charge in [-0.05, 0) is 62.1 Å². The molecule has 0 fully saturated rings. The molecule has 5 rings (SSSR count). The molecule has 0 aliphatic carbocycles. The van der Waals surface area contributed by atoms with Crippen LogP contribution in [-0.2, 0) is 9.53 Å². The molecule has 0 saturated heterocycles. The third kappa shape index (κ3) is 5.59. The molecule has 4 aromatic rings. The molecule has 7 nitrogen and oxygen atoms in total. The molecule has 2 unspecified atom stereocenters. The SMILES string of the molecule is C/C=C\C.COC(=O)C(C)Nc1cc2c(c3ccccc13)C(CCl)CN2C(=O)c1cc2cc(OC)ccc2[nH]1. The van der Waals surface area contributed by atoms with Crippen LogP contribution >= 0.6 is 11.6 Å². The van der Waals surface area contributed by atoms with E-state index in [-0.39, 0.29) is 17.8 Å². The average molecular weight is 548 g/mol. The Morgan fingerprint density at radius 1 is 1.10 bits per heavy atom. The standard InChI is InChI=1S/C27H26ClN3O4.C4H8/c1-15(27(33)35-3)29-22-12-24-25(20-7-5-4-6-19(20)22)17(13-28)14-31(24)26(32)23-11-16-10-18(34-2)8-9-21(16)30-23;1-3-4-2/h4-12,15,17,29-30H,13-14H2,1-3H3;3-4H,1-2H3/b;4-3-. The van der Waals surface area contributed by atoms with E-state index in [0.29, 0.717) is 18.1 Å². The van der Waals surface area contributed by atoms with E-state index >= 15 is 0 Å². The fraction of sp³-hybridized carbons (Fsp3) is 0.290. The summed E-state index contributed by atoms with van der Waals surface area (Å²) < 4.78 is 10.2. The third-order valence-electron chi connectivity index (χ3n) is 6.92. The van der Waals surface area contributed by atoms with Crippen molar-refractivity contribution >= 4 is 56.5 Å².